The number of carbonyl (C=O) groups is 2. The summed E-state index contributed by atoms with van der Waals surface area (Å²) in [4.78, 5) is 21.7. The Labute approximate surface area is 103 Å². The van der Waals surface area contributed by atoms with Gasteiger partial charge in [-0.1, -0.05) is 6.92 Å². The molecule has 0 saturated heterocycles. The summed E-state index contributed by atoms with van der Waals surface area (Å²) >= 11 is 0. The second-order valence-corrected chi connectivity index (χ2v) is 3.82. The highest BCUT2D eigenvalue weighted by molar-refractivity contribution is 5.76. The van der Waals surface area contributed by atoms with Gasteiger partial charge in [-0.05, 0) is 19.8 Å². The summed E-state index contributed by atoms with van der Waals surface area (Å²) in [5.74, 6) is 0.0841. The summed E-state index contributed by atoms with van der Waals surface area (Å²) in [7, 11) is 0. The molecule has 0 fully saturated rings. The summed E-state index contributed by atoms with van der Waals surface area (Å²) in [5, 5.41) is 2.80. The Morgan fingerprint density at radius 1 is 1.12 bits per heavy atom. The van der Waals surface area contributed by atoms with Gasteiger partial charge in [-0.3, -0.25) is 9.59 Å². The van der Waals surface area contributed by atoms with E-state index >= 15 is 0 Å². The molecule has 0 aliphatic heterocycles. The third-order valence-electron chi connectivity index (χ3n) is 1.94. The van der Waals surface area contributed by atoms with Gasteiger partial charge in [-0.15, -0.1) is 0 Å². The highest BCUT2D eigenvalue weighted by Gasteiger charge is 1.99. The van der Waals surface area contributed by atoms with Crippen molar-refractivity contribution in [1.82, 2.24) is 5.32 Å². The van der Waals surface area contributed by atoms with Crippen molar-refractivity contribution in [3.8, 4) is 0 Å². The molecular formula is C12H23NO4. The van der Waals surface area contributed by atoms with Crippen LogP contribution < -0.4 is 5.32 Å². The zero-order chi connectivity index (χ0) is 12.9. The van der Waals surface area contributed by atoms with Crippen molar-refractivity contribution in [2.45, 2.75) is 33.1 Å². The maximum atomic E-state index is 11.2. The Kier molecular flexibility index (Phi) is 10.9. The Hall–Kier alpha value is -0.940. The third kappa shape index (κ3) is 13.0. The van der Waals surface area contributed by atoms with Crippen LogP contribution in [0.15, 0.2) is 0 Å². The highest BCUT2D eigenvalue weighted by Crippen LogP contribution is 1.91. The lowest BCUT2D eigenvalue weighted by Crippen LogP contribution is -2.24. The van der Waals surface area contributed by atoms with E-state index in [1.54, 1.807) is 0 Å². The molecular weight excluding hydrogens is 222 g/mol. The van der Waals surface area contributed by atoms with E-state index < -0.39 is 0 Å². The minimum atomic E-state index is 0.0117. The van der Waals surface area contributed by atoms with Crippen molar-refractivity contribution in [3.63, 3.8) is 0 Å². The van der Waals surface area contributed by atoms with Gasteiger partial charge in [0.2, 0.25) is 5.91 Å². The van der Waals surface area contributed by atoms with E-state index in [9.17, 15) is 9.59 Å². The van der Waals surface area contributed by atoms with Crippen LogP contribution in [-0.2, 0) is 19.1 Å². The van der Waals surface area contributed by atoms with Gasteiger partial charge in [0.25, 0.3) is 0 Å². The quantitative estimate of drug-likeness (QED) is 0.550. The Morgan fingerprint density at radius 3 is 2.47 bits per heavy atom. The number of ketones is 1. The Morgan fingerprint density at radius 2 is 1.82 bits per heavy atom. The van der Waals surface area contributed by atoms with Crippen LogP contribution in [0.1, 0.15) is 33.1 Å². The number of ether oxygens (including phenoxy) is 2. The largest absolute Gasteiger partial charge is 0.379 e. The number of Topliss-reactive ketones (excluding diaryl/α,β-unsaturated/α-hetero) is 1. The first-order chi connectivity index (χ1) is 8.16. The fraction of sp³-hybridized carbons (Fsp3) is 0.833. The lowest BCUT2D eigenvalue weighted by Gasteiger charge is -2.05. The lowest BCUT2D eigenvalue weighted by atomic mass is 10.3. The Bertz CT molecular complexity index is 219. The maximum absolute atomic E-state index is 11.2. The van der Waals surface area contributed by atoms with Gasteiger partial charge in [0.15, 0.2) is 5.78 Å². The van der Waals surface area contributed by atoms with E-state index in [0.717, 1.165) is 13.0 Å². The van der Waals surface area contributed by atoms with Crippen molar-refractivity contribution in [3.05, 3.63) is 0 Å². The number of hydrogen-bond donors (Lipinski definition) is 1. The molecule has 5 nitrogen and oxygen atoms in total. The zero-order valence-corrected chi connectivity index (χ0v) is 10.8. The fourth-order valence-corrected chi connectivity index (χ4v) is 1.12. The minimum Gasteiger partial charge on any atom is -0.379 e. The molecule has 17 heavy (non-hydrogen) atoms. The molecule has 0 atom stereocenters. The van der Waals surface area contributed by atoms with Crippen molar-refractivity contribution >= 4 is 11.7 Å². The number of hydrogen-bond acceptors (Lipinski definition) is 4. The molecule has 5 heteroatoms. The molecule has 0 spiro atoms. The molecule has 1 N–H and O–H groups in total. The zero-order valence-electron chi connectivity index (χ0n) is 10.8. The minimum absolute atomic E-state index is 0.0117. The van der Waals surface area contributed by atoms with Gasteiger partial charge in [0, 0.05) is 19.6 Å². The Balaban J connectivity index is 3.12. The topological polar surface area (TPSA) is 64.6 Å². The molecule has 0 aliphatic carbocycles. The molecule has 0 aromatic rings. The smallest absolute Gasteiger partial charge is 0.220 e. The van der Waals surface area contributed by atoms with Crippen LogP contribution in [0.5, 0.6) is 0 Å². The maximum Gasteiger partial charge on any atom is 0.220 e. The van der Waals surface area contributed by atoms with Crippen molar-refractivity contribution < 1.29 is 19.1 Å². The van der Waals surface area contributed by atoms with Crippen LogP contribution in [0.4, 0.5) is 0 Å². The molecule has 0 rings (SSSR count). The predicted molar refractivity (Wildman–Crippen MR) is 64.9 cm³/mol. The molecule has 0 heterocycles. The normalized spacial score (nSPS) is 10.2. The van der Waals surface area contributed by atoms with Gasteiger partial charge in [0.1, 0.15) is 6.61 Å². The van der Waals surface area contributed by atoms with Crippen LogP contribution in [0.2, 0.25) is 0 Å². The van der Waals surface area contributed by atoms with E-state index in [0.29, 0.717) is 32.7 Å². The summed E-state index contributed by atoms with van der Waals surface area (Å²) in [6, 6.07) is 0. The second-order valence-electron chi connectivity index (χ2n) is 3.82. The first-order valence-corrected chi connectivity index (χ1v) is 6.08. The second kappa shape index (κ2) is 11.5. The van der Waals surface area contributed by atoms with Crippen LogP contribution in [-0.4, -0.2) is 44.7 Å². The molecule has 0 aromatic heterocycles. The van der Waals surface area contributed by atoms with Gasteiger partial charge in [-0.2, -0.15) is 0 Å². The molecule has 0 unspecified atom stereocenters. The van der Waals surface area contributed by atoms with Crippen LogP contribution in [0.3, 0.4) is 0 Å². The van der Waals surface area contributed by atoms with Gasteiger partial charge >= 0.3 is 0 Å². The number of carbonyl (C=O) groups excluding carboxylic acids is 2. The van der Waals surface area contributed by atoms with Crippen molar-refractivity contribution in [2.24, 2.45) is 0 Å². The average molecular weight is 245 g/mol. The van der Waals surface area contributed by atoms with Crippen LogP contribution >= 0.6 is 0 Å². The summed E-state index contributed by atoms with van der Waals surface area (Å²) < 4.78 is 10.3. The molecule has 0 aromatic carbocycles. The average Bonchev–Trinajstić information content (AvgIpc) is 2.29. The standard InChI is InChI=1S/C12H23NO4/c1-3-6-13-12(15)5-4-7-16-8-9-17-10-11(2)14/h3-10H2,1-2H3,(H,13,15). The highest BCUT2D eigenvalue weighted by atomic mass is 16.5. The van der Waals surface area contributed by atoms with E-state index in [1.165, 1.54) is 6.92 Å². The molecule has 0 aliphatic rings. The third-order valence-corrected chi connectivity index (χ3v) is 1.94. The lowest BCUT2D eigenvalue weighted by molar-refractivity contribution is -0.123. The molecule has 1 amide bonds. The van der Waals surface area contributed by atoms with E-state index in [2.05, 4.69) is 5.32 Å². The summed E-state index contributed by atoms with van der Waals surface area (Å²) in [5.41, 5.74) is 0. The predicted octanol–water partition coefficient (Wildman–Crippen LogP) is 0.915. The molecule has 0 bridgehead atoms. The van der Waals surface area contributed by atoms with Gasteiger partial charge in [0.05, 0.1) is 13.2 Å². The van der Waals surface area contributed by atoms with E-state index in [1.807, 2.05) is 6.92 Å². The SMILES string of the molecule is CCCNC(=O)CCCOCCOCC(C)=O. The molecule has 0 saturated carbocycles. The van der Waals surface area contributed by atoms with Crippen molar-refractivity contribution in [2.75, 3.05) is 33.0 Å². The number of amides is 1. The van der Waals surface area contributed by atoms with Gasteiger partial charge in [-0.25, -0.2) is 0 Å². The van der Waals surface area contributed by atoms with Crippen LogP contribution in [0.25, 0.3) is 0 Å². The van der Waals surface area contributed by atoms with E-state index in [-0.39, 0.29) is 18.3 Å². The molecule has 100 valence electrons. The van der Waals surface area contributed by atoms with Gasteiger partial charge < -0.3 is 14.8 Å². The first kappa shape index (κ1) is 16.1. The first-order valence-electron chi connectivity index (χ1n) is 6.08. The van der Waals surface area contributed by atoms with Crippen LogP contribution in [0, 0.1) is 0 Å². The summed E-state index contributed by atoms with van der Waals surface area (Å²) in [6.07, 6.45) is 2.16. The number of rotatable bonds is 11. The van der Waals surface area contributed by atoms with E-state index in [4.69, 9.17) is 9.47 Å². The molecule has 0 radical (unpaired) electrons. The monoisotopic (exact) mass is 245 g/mol. The fourth-order valence-electron chi connectivity index (χ4n) is 1.12. The van der Waals surface area contributed by atoms with Crippen molar-refractivity contribution in [1.29, 1.82) is 0 Å². The summed E-state index contributed by atoms with van der Waals surface area (Å²) in [6.45, 7) is 5.80. The number of nitrogens with one attached hydrogen (secondary N) is 1.